The molecule has 0 saturated carbocycles. The summed E-state index contributed by atoms with van der Waals surface area (Å²) in [6.45, 7) is 1.80. The van der Waals surface area contributed by atoms with E-state index in [1.54, 1.807) is 0 Å². The number of rotatable bonds is 5. The number of amides is 1. The summed E-state index contributed by atoms with van der Waals surface area (Å²) in [6.07, 6.45) is 2.25. The minimum atomic E-state index is 0.199. The first kappa shape index (κ1) is 14.3. The van der Waals surface area contributed by atoms with E-state index in [0.717, 1.165) is 41.1 Å². The molecule has 1 amide bonds. The average Bonchev–Trinajstić information content (AvgIpc) is 3.17. The highest BCUT2D eigenvalue weighted by atomic mass is 32.2. The summed E-state index contributed by atoms with van der Waals surface area (Å²) >= 11 is 2.93. The van der Waals surface area contributed by atoms with Crippen LogP contribution in [0.1, 0.15) is 12.8 Å². The van der Waals surface area contributed by atoms with Crippen molar-refractivity contribution >= 4 is 39.8 Å². The van der Waals surface area contributed by atoms with Crippen molar-refractivity contribution in [3.63, 3.8) is 0 Å². The Morgan fingerprint density at radius 2 is 2.00 bits per heavy atom. The molecule has 2 heterocycles. The maximum absolute atomic E-state index is 12.0. The third kappa shape index (κ3) is 3.95. The molecule has 5 nitrogen and oxygen atoms in total. The minimum absolute atomic E-state index is 0.199. The van der Waals surface area contributed by atoms with Crippen LogP contribution in [0, 0.1) is 0 Å². The van der Waals surface area contributed by atoms with Gasteiger partial charge >= 0.3 is 0 Å². The Balaban J connectivity index is 1.52. The second-order valence-electron chi connectivity index (χ2n) is 4.74. The van der Waals surface area contributed by atoms with E-state index in [0.29, 0.717) is 5.75 Å². The standard InChI is InChI=1S/C14H16N4OS2/c19-12(18-8-4-5-9-18)10-20-14-17-16-13(21-14)15-11-6-2-1-3-7-11/h1-3,6-7H,4-5,8-10H2,(H,15,16). The maximum Gasteiger partial charge on any atom is 0.233 e. The van der Waals surface area contributed by atoms with Crippen LogP contribution in [0.3, 0.4) is 0 Å². The Bertz CT molecular complexity index is 596. The summed E-state index contributed by atoms with van der Waals surface area (Å²) in [5.41, 5.74) is 0.985. The number of para-hydroxylation sites is 1. The van der Waals surface area contributed by atoms with Gasteiger partial charge in [0.05, 0.1) is 5.75 Å². The summed E-state index contributed by atoms with van der Waals surface area (Å²) in [5, 5.41) is 12.2. The third-order valence-electron chi connectivity index (χ3n) is 3.21. The molecular formula is C14H16N4OS2. The molecule has 0 aliphatic carbocycles. The highest BCUT2D eigenvalue weighted by Crippen LogP contribution is 2.28. The highest BCUT2D eigenvalue weighted by Gasteiger charge is 2.18. The quantitative estimate of drug-likeness (QED) is 0.858. The first-order valence-electron chi connectivity index (χ1n) is 6.87. The number of carbonyl (C=O) groups excluding carboxylic acids is 1. The maximum atomic E-state index is 12.0. The van der Waals surface area contributed by atoms with Gasteiger partial charge in [0.15, 0.2) is 4.34 Å². The predicted octanol–water partition coefficient (Wildman–Crippen LogP) is 3.00. The monoisotopic (exact) mass is 320 g/mol. The zero-order chi connectivity index (χ0) is 14.5. The van der Waals surface area contributed by atoms with Gasteiger partial charge < -0.3 is 10.2 Å². The molecule has 1 aromatic carbocycles. The molecule has 1 aromatic heterocycles. The number of thioether (sulfide) groups is 1. The number of anilines is 2. The summed E-state index contributed by atoms with van der Waals surface area (Å²) < 4.78 is 0.820. The highest BCUT2D eigenvalue weighted by molar-refractivity contribution is 8.01. The smallest absolute Gasteiger partial charge is 0.233 e. The Labute approximate surface area is 131 Å². The molecule has 0 atom stereocenters. The van der Waals surface area contributed by atoms with E-state index in [4.69, 9.17) is 0 Å². The topological polar surface area (TPSA) is 58.1 Å². The molecule has 1 fully saturated rings. The van der Waals surface area contributed by atoms with Gasteiger partial charge in [0.2, 0.25) is 11.0 Å². The number of carbonyl (C=O) groups is 1. The van der Waals surface area contributed by atoms with Gasteiger partial charge in [-0.3, -0.25) is 4.79 Å². The van der Waals surface area contributed by atoms with Gasteiger partial charge in [0.25, 0.3) is 0 Å². The molecule has 3 rings (SSSR count). The van der Waals surface area contributed by atoms with Crippen molar-refractivity contribution in [3.05, 3.63) is 30.3 Å². The van der Waals surface area contributed by atoms with Gasteiger partial charge in [-0.15, -0.1) is 10.2 Å². The van der Waals surface area contributed by atoms with Crippen LogP contribution >= 0.6 is 23.1 Å². The molecule has 1 saturated heterocycles. The molecular weight excluding hydrogens is 304 g/mol. The van der Waals surface area contributed by atoms with Gasteiger partial charge in [-0.2, -0.15) is 0 Å². The first-order chi connectivity index (χ1) is 10.3. The lowest BCUT2D eigenvalue weighted by Gasteiger charge is -2.13. The van der Waals surface area contributed by atoms with E-state index in [1.807, 2.05) is 35.2 Å². The zero-order valence-electron chi connectivity index (χ0n) is 11.5. The Morgan fingerprint density at radius 3 is 2.76 bits per heavy atom. The number of likely N-dealkylation sites (tertiary alicyclic amines) is 1. The van der Waals surface area contributed by atoms with E-state index >= 15 is 0 Å². The molecule has 1 N–H and O–H groups in total. The Morgan fingerprint density at radius 1 is 1.24 bits per heavy atom. The van der Waals surface area contributed by atoms with Crippen molar-refractivity contribution in [1.29, 1.82) is 0 Å². The van der Waals surface area contributed by atoms with E-state index in [1.165, 1.54) is 23.1 Å². The molecule has 0 radical (unpaired) electrons. The van der Waals surface area contributed by atoms with Gasteiger partial charge in [-0.1, -0.05) is 41.3 Å². The van der Waals surface area contributed by atoms with Crippen molar-refractivity contribution in [3.8, 4) is 0 Å². The number of hydrogen-bond acceptors (Lipinski definition) is 6. The van der Waals surface area contributed by atoms with Crippen molar-refractivity contribution in [1.82, 2.24) is 15.1 Å². The number of aromatic nitrogens is 2. The lowest BCUT2D eigenvalue weighted by Crippen LogP contribution is -2.29. The van der Waals surface area contributed by atoms with E-state index in [9.17, 15) is 4.79 Å². The van der Waals surface area contributed by atoms with Gasteiger partial charge in [-0.05, 0) is 25.0 Å². The molecule has 110 valence electrons. The first-order valence-corrected chi connectivity index (χ1v) is 8.67. The molecule has 7 heteroatoms. The lowest BCUT2D eigenvalue weighted by atomic mass is 10.3. The molecule has 2 aromatic rings. The van der Waals surface area contributed by atoms with Gasteiger partial charge in [-0.25, -0.2) is 0 Å². The van der Waals surface area contributed by atoms with Crippen LogP contribution < -0.4 is 5.32 Å². The fraction of sp³-hybridized carbons (Fsp3) is 0.357. The van der Waals surface area contributed by atoms with Crippen molar-refractivity contribution in [2.45, 2.75) is 17.2 Å². The van der Waals surface area contributed by atoms with Crippen molar-refractivity contribution < 1.29 is 4.79 Å². The fourth-order valence-electron chi connectivity index (χ4n) is 2.14. The van der Waals surface area contributed by atoms with Crippen LogP contribution in [-0.2, 0) is 4.79 Å². The average molecular weight is 320 g/mol. The molecule has 21 heavy (non-hydrogen) atoms. The van der Waals surface area contributed by atoms with Gasteiger partial charge in [0, 0.05) is 18.8 Å². The molecule has 1 aliphatic rings. The van der Waals surface area contributed by atoms with Crippen LogP contribution in [0.25, 0.3) is 0 Å². The van der Waals surface area contributed by atoms with Crippen LogP contribution in [0.15, 0.2) is 34.7 Å². The fourth-order valence-corrected chi connectivity index (χ4v) is 3.82. The zero-order valence-corrected chi connectivity index (χ0v) is 13.1. The normalized spacial score (nSPS) is 14.4. The number of nitrogens with one attached hydrogen (secondary N) is 1. The lowest BCUT2D eigenvalue weighted by molar-refractivity contribution is -0.127. The summed E-state index contributed by atoms with van der Waals surface area (Å²) in [7, 11) is 0. The van der Waals surface area contributed by atoms with E-state index in [2.05, 4.69) is 15.5 Å². The number of nitrogens with zero attached hydrogens (tertiary/aromatic N) is 3. The number of hydrogen-bond donors (Lipinski definition) is 1. The molecule has 0 spiro atoms. The van der Waals surface area contributed by atoms with E-state index in [-0.39, 0.29) is 5.91 Å². The van der Waals surface area contributed by atoms with Gasteiger partial charge in [0.1, 0.15) is 0 Å². The molecule has 0 unspecified atom stereocenters. The van der Waals surface area contributed by atoms with Crippen LogP contribution in [0.2, 0.25) is 0 Å². The van der Waals surface area contributed by atoms with Crippen LogP contribution in [0.5, 0.6) is 0 Å². The van der Waals surface area contributed by atoms with Crippen LogP contribution in [0.4, 0.5) is 10.8 Å². The Kier molecular flexibility index (Phi) is 4.72. The largest absolute Gasteiger partial charge is 0.342 e. The minimum Gasteiger partial charge on any atom is -0.342 e. The predicted molar refractivity (Wildman–Crippen MR) is 86.2 cm³/mol. The van der Waals surface area contributed by atoms with Crippen LogP contribution in [-0.4, -0.2) is 39.8 Å². The van der Waals surface area contributed by atoms with Crippen molar-refractivity contribution in [2.75, 3.05) is 24.2 Å². The summed E-state index contributed by atoms with van der Waals surface area (Å²) in [5.74, 6) is 0.644. The Hall–Kier alpha value is -1.60. The second kappa shape index (κ2) is 6.91. The SMILES string of the molecule is O=C(CSc1nnc(Nc2ccccc2)s1)N1CCCC1. The van der Waals surface area contributed by atoms with E-state index < -0.39 is 0 Å². The number of benzene rings is 1. The second-order valence-corrected chi connectivity index (χ2v) is 6.94. The molecule has 1 aliphatic heterocycles. The summed E-state index contributed by atoms with van der Waals surface area (Å²) in [4.78, 5) is 13.9. The third-order valence-corrected chi connectivity index (χ3v) is 5.17. The summed E-state index contributed by atoms with van der Waals surface area (Å²) in [6, 6.07) is 9.86. The van der Waals surface area contributed by atoms with Crippen molar-refractivity contribution in [2.24, 2.45) is 0 Å². The molecule has 0 bridgehead atoms.